The van der Waals surface area contributed by atoms with E-state index in [1.54, 1.807) is 13.8 Å². The Morgan fingerprint density at radius 2 is 2.00 bits per heavy atom. The molecule has 1 rings (SSSR count). The molecule has 0 saturated carbocycles. The van der Waals surface area contributed by atoms with Crippen LogP contribution in [-0.2, 0) is 5.60 Å². The molecular weight excluding hydrogens is 152 g/mol. The second kappa shape index (κ2) is 2.79. The van der Waals surface area contributed by atoms with Crippen molar-refractivity contribution in [2.24, 2.45) is 0 Å². The maximum absolute atomic E-state index is 9.59. The van der Waals surface area contributed by atoms with Gasteiger partial charge in [0.05, 0.1) is 15.8 Å². The summed E-state index contributed by atoms with van der Waals surface area (Å²) >= 11 is 0. The van der Waals surface area contributed by atoms with Gasteiger partial charge in [0.1, 0.15) is 0 Å². The lowest BCUT2D eigenvalue weighted by atomic mass is 9.99. The minimum Gasteiger partial charge on any atom is -0.386 e. The van der Waals surface area contributed by atoms with Crippen molar-refractivity contribution in [2.45, 2.75) is 19.4 Å². The van der Waals surface area contributed by atoms with Crippen molar-refractivity contribution in [3.63, 3.8) is 0 Å². The minimum absolute atomic E-state index is 0.747. The molecule has 0 aliphatic rings. The molecule has 0 amide bonds. The first-order valence-electron chi connectivity index (χ1n) is 3.54. The summed E-state index contributed by atoms with van der Waals surface area (Å²) in [7, 11) is 3.39. The molecule has 0 unspecified atom stereocenters. The van der Waals surface area contributed by atoms with Crippen LogP contribution in [0.25, 0.3) is 0 Å². The van der Waals surface area contributed by atoms with Gasteiger partial charge in [0.25, 0.3) is 0 Å². The Bertz CT molecular complexity index is 250. The van der Waals surface area contributed by atoms with Crippen LogP contribution in [0.15, 0.2) is 24.3 Å². The first-order valence-corrected chi connectivity index (χ1v) is 4.04. The van der Waals surface area contributed by atoms with Gasteiger partial charge in [-0.2, -0.15) is 0 Å². The van der Waals surface area contributed by atoms with Crippen molar-refractivity contribution >= 4 is 15.4 Å². The van der Waals surface area contributed by atoms with E-state index >= 15 is 0 Å². The summed E-state index contributed by atoms with van der Waals surface area (Å²) in [5.41, 5.74) is 0.174. The van der Waals surface area contributed by atoms with Crippen molar-refractivity contribution in [1.82, 2.24) is 0 Å². The summed E-state index contributed by atoms with van der Waals surface area (Å²) < 4.78 is 0. The highest BCUT2D eigenvalue weighted by molar-refractivity contribution is 6.32. The van der Waals surface area contributed by atoms with Gasteiger partial charge in [0.2, 0.25) is 0 Å². The lowest BCUT2D eigenvalue weighted by molar-refractivity contribution is 0.0787. The number of benzene rings is 1. The summed E-state index contributed by atoms with van der Waals surface area (Å²) in [6.07, 6.45) is 0. The van der Waals surface area contributed by atoms with E-state index in [1.165, 1.54) is 0 Å². The highest BCUT2D eigenvalue weighted by Gasteiger charge is 2.14. The maximum atomic E-state index is 9.59. The van der Waals surface area contributed by atoms with Crippen LogP contribution in [0.3, 0.4) is 0 Å². The molecule has 0 spiro atoms. The number of rotatable bonds is 1. The summed E-state index contributed by atoms with van der Waals surface area (Å²) in [5.74, 6) is 0. The van der Waals surface area contributed by atoms with E-state index in [0.29, 0.717) is 0 Å². The third kappa shape index (κ3) is 2.17. The van der Waals surface area contributed by atoms with E-state index in [4.69, 9.17) is 0 Å². The molecule has 0 aromatic heterocycles. The molecule has 2 heteroatoms. The quantitative estimate of drug-likeness (QED) is 0.604. The molecule has 0 heterocycles. The Kier molecular flexibility index (Phi) is 2.16. The average Bonchev–Trinajstić information content (AvgIpc) is 1.86. The van der Waals surface area contributed by atoms with Crippen molar-refractivity contribution in [3.05, 3.63) is 29.8 Å². The van der Waals surface area contributed by atoms with Gasteiger partial charge in [-0.1, -0.05) is 29.5 Å². The van der Waals surface area contributed by atoms with E-state index in [2.05, 4.69) is 10.2 Å². The molecular formula is C9H11OSi. The van der Waals surface area contributed by atoms with E-state index < -0.39 is 5.60 Å². The van der Waals surface area contributed by atoms with Crippen molar-refractivity contribution < 1.29 is 5.11 Å². The van der Waals surface area contributed by atoms with Gasteiger partial charge in [0.15, 0.2) is 0 Å². The van der Waals surface area contributed by atoms with Crippen LogP contribution < -0.4 is 5.19 Å². The standard InChI is InChI=1S/C9H11OSi/c1-9(2,10)7-4-3-5-8(11)6-7/h3-6,10H,1-2H3. The largest absolute Gasteiger partial charge is 0.386 e. The SMILES string of the molecule is CC(C)(O)c1cccc([Si])c1. The van der Waals surface area contributed by atoms with Crippen LogP contribution >= 0.6 is 0 Å². The van der Waals surface area contributed by atoms with Gasteiger partial charge in [-0.3, -0.25) is 0 Å². The highest BCUT2D eigenvalue weighted by atomic mass is 28.1. The summed E-state index contributed by atoms with van der Waals surface area (Å²) in [5, 5.41) is 10.6. The van der Waals surface area contributed by atoms with Crippen LogP contribution in [0.2, 0.25) is 0 Å². The van der Waals surface area contributed by atoms with E-state index in [-0.39, 0.29) is 0 Å². The first kappa shape index (κ1) is 8.49. The fourth-order valence-electron chi connectivity index (χ4n) is 0.900. The molecule has 0 bridgehead atoms. The Hall–Kier alpha value is -0.603. The molecule has 1 aromatic rings. The van der Waals surface area contributed by atoms with Crippen LogP contribution in [0.5, 0.6) is 0 Å². The molecule has 0 aliphatic carbocycles. The second-order valence-corrected chi connectivity index (χ2v) is 3.72. The van der Waals surface area contributed by atoms with Crippen LogP contribution in [0.4, 0.5) is 0 Å². The molecule has 0 aliphatic heterocycles. The van der Waals surface area contributed by atoms with E-state index in [1.807, 2.05) is 24.3 Å². The molecule has 0 atom stereocenters. The first-order chi connectivity index (χ1) is 5.00. The van der Waals surface area contributed by atoms with Gasteiger partial charge < -0.3 is 5.11 Å². The average molecular weight is 163 g/mol. The van der Waals surface area contributed by atoms with Gasteiger partial charge in [0, 0.05) is 0 Å². The lowest BCUT2D eigenvalue weighted by Gasteiger charge is -2.17. The van der Waals surface area contributed by atoms with Crippen LogP contribution in [0, 0.1) is 0 Å². The Morgan fingerprint density at radius 1 is 1.36 bits per heavy atom. The summed E-state index contributed by atoms with van der Waals surface area (Å²) in [6.45, 7) is 3.54. The van der Waals surface area contributed by atoms with E-state index in [9.17, 15) is 5.11 Å². The Balaban J connectivity index is 3.06. The smallest absolute Gasteiger partial charge is 0.0840 e. The predicted molar refractivity (Wildman–Crippen MR) is 47.1 cm³/mol. The number of hydrogen-bond acceptors (Lipinski definition) is 1. The van der Waals surface area contributed by atoms with Crippen molar-refractivity contribution in [1.29, 1.82) is 0 Å². The van der Waals surface area contributed by atoms with Crippen molar-refractivity contribution in [2.75, 3.05) is 0 Å². The third-order valence-electron chi connectivity index (χ3n) is 1.57. The summed E-state index contributed by atoms with van der Waals surface area (Å²) in [6, 6.07) is 7.67. The molecule has 1 nitrogen and oxygen atoms in total. The molecule has 0 saturated heterocycles. The molecule has 3 radical (unpaired) electrons. The minimum atomic E-state index is -0.747. The Morgan fingerprint density at radius 3 is 2.36 bits per heavy atom. The predicted octanol–water partition coefficient (Wildman–Crippen LogP) is 0.708. The highest BCUT2D eigenvalue weighted by Crippen LogP contribution is 2.17. The Labute approximate surface area is 70.5 Å². The summed E-state index contributed by atoms with van der Waals surface area (Å²) in [4.78, 5) is 0. The molecule has 1 aromatic carbocycles. The third-order valence-corrected chi connectivity index (χ3v) is 1.88. The molecule has 0 fully saturated rings. The number of hydrogen-bond donors (Lipinski definition) is 1. The monoisotopic (exact) mass is 163 g/mol. The zero-order valence-corrected chi connectivity index (χ0v) is 7.76. The normalized spacial score (nSPS) is 11.6. The zero-order chi connectivity index (χ0) is 8.48. The van der Waals surface area contributed by atoms with Crippen LogP contribution in [0.1, 0.15) is 19.4 Å². The molecule has 11 heavy (non-hydrogen) atoms. The maximum Gasteiger partial charge on any atom is 0.0840 e. The fraction of sp³-hybridized carbons (Fsp3) is 0.333. The topological polar surface area (TPSA) is 20.2 Å². The van der Waals surface area contributed by atoms with Gasteiger partial charge in [-0.15, -0.1) is 0 Å². The lowest BCUT2D eigenvalue weighted by Crippen LogP contribution is -2.17. The van der Waals surface area contributed by atoms with Crippen LogP contribution in [-0.4, -0.2) is 15.3 Å². The molecule has 1 N–H and O–H groups in total. The fourth-order valence-corrected chi connectivity index (χ4v) is 1.15. The second-order valence-electron chi connectivity index (χ2n) is 3.14. The van der Waals surface area contributed by atoms with Gasteiger partial charge in [-0.25, -0.2) is 0 Å². The number of aliphatic hydroxyl groups is 1. The van der Waals surface area contributed by atoms with E-state index in [0.717, 1.165) is 10.8 Å². The molecule has 57 valence electrons. The zero-order valence-electron chi connectivity index (χ0n) is 6.76. The van der Waals surface area contributed by atoms with Crippen molar-refractivity contribution in [3.8, 4) is 0 Å². The van der Waals surface area contributed by atoms with Gasteiger partial charge in [-0.05, 0) is 19.4 Å². The van der Waals surface area contributed by atoms with Gasteiger partial charge >= 0.3 is 0 Å².